The fraction of sp³-hybridized carbons (Fsp3) is 0.800. The van der Waals surface area contributed by atoms with E-state index in [0.717, 1.165) is 5.76 Å². The summed E-state index contributed by atoms with van der Waals surface area (Å²) in [7, 11) is -1.39. The molecule has 2 heteroatoms. The lowest BCUT2D eigenvalue weighted by Crippen LogP contribution is -2.24. The van der Waals surface area contributed by atoms with Gasteiger partial charge in [0.05, 0.1) is 5.76 Å². The summed E-state index contributed by atoms with van der Waals surface area (Å²) in [6.07, 6.45) is 2.19. The molecule has 0 unspecified atom stereocenters. The van der Waals surface area contributed by atoms with Crippen LogP contribution in [-0.2, 0) is 4.43 Å². The maximum absolute atomic E-state index is 5.81. The summed E-state index contributed by atoms with van der Waals surface area (Å²) >= 11 is 0. The fourth-order valence-corrected chi connectivity index (χ4v) is 2.15. The molecule has 0 aromatic rings. The first-order valence-corrected chi connectivity index (χ1v) is 7.89. The molecule has 72 valence electrons. The van der Waals surface area contributed by atoms with Crippen molar-refractivity contribution in [3.63, 3.8) is 0 Å². The van der Waals surface area contributed by atoms with Crippen LogP contribution in [0.4, 0.5) is 0 Å². The van der Waals surface area contributed by atoms with Gasteiger partial charge in [-0.3, -0.25) is 0 Å². The third-order valence-electron chi connectivity index (χ3n) is 1.10. The van der Waals surface area contributed by atoms with E-state index in [4.69, 9.17) is 4.43 Å². The number of rotatable bonds is 2. The van der Waals surface area contributed by atoms with Gasteiger partial charge in [0.1, 0.15) is 0 Å². The van der Waals surface area contributed by atoms with E-state index in [2.05, 4.69) is 46.5 Å². The molecular weight excluding hydrogens is 164 g/mol. The van der Waals surface area contributed by atoms with Crippen molar-refractivity contribution < 1.29 is 4.43 Å². The molecule has 0 bridgehead atoms. The van der Waals surface area contributed by atoms with Gasteiger partial charge in [0.2, 0.25) is 8.32 Å². The molecule has 0 rings (SSSR count). The van der Waals surface area contributed by atoms with Crippen molar-refractivity contribution in [2.24, 2.45) is 5.41 Å². The highest BCUT2D eigenvalue weighted by atomic mass is 28.4. The minimum atomic E-state index is -1.39. The van der Waals surface area contributed by atoms with Crippen LogP contribution in [0.15, 0.2) is 11.8 Å². The molecule has 0 radical (unpaired) electrons. The molecule has 0 spiro atoms. The van der Waals surface area contributed by atoms with Gasteiger partial charge in [-0.05, 0) is 38.1 Å². The Hall–Kier alpha value is -0.243. The first-order valence-electron chi connectivity index (χ1n) is 4.49. The molecular formula is C10H22OSi. The van der Waals surface area contributed by atoms with Crippen molar-refractivity contribution in [1.82, 2.24) is 0 Å². The van der Waals surface area contributed by atoms with Crippen molar-refractivity contribution in [3.05, 3.63) is 11.8 Å². The van der Waals surface area contributed by atoms with E-state index in [9.17, 15) is 0 Å². The Bertz CT molecular complexity index is 169. The van der Waals surface area contributed by atoms with Crippen LogP contribution in [0.25, 0.3) is 0 Å². The van der Waals surface area contributed by atoms with Crippen molar-refractivity contribution in [2.45, 2.75) is 47.3 Å². The lowest BCUT2D eigenvalue weighted by molar-refractivity contribution is 0.403. The van der Waals surface area contributed by atoms with Gasteiger partial charge in [0.25, 0.3) is 0 Å². The van der Waals surface area contributed by atoms with Crippen LogP contribution < -0.4 is 0 Å². The molecule has 0 aromatic carbocycles. The second-order valence-electron chi connectivity index (χ2n) is 5.34. The minimum Gasteiger partial charge on any atom is -0.548 e. The van der Waals surface area contributed by atoms with Crippen LogP contribution in [0, 0.1) is 5.41 Å². The van der Waals surface area contributed by atoms with Gasteiger partial charge in [0, 0.05) is 0 Å². The molecule has 0 atom stereocenters. The van der Waals surface area contributed by atoms with Crippen molar-refractivity contribution in [3.8, 4) is 0 Å². The Morgan fingerprint density at radius 1 is 1.17 bits per heavy atom. The standard InChI is InChI=1S/C10H22OSi/c1-9(8-10(2,3)4)11-12(5,6)7/h8H,1-7H3/b9-8-. The van der Waals surface area contributed by atoms with Crippen LogP contribution in [-0.4, -0.2) is 8.32 Å². The lowest BCUT2D eigenvalue weighted by atomic mass is 9.96. The largest absolute Gasteiger partial charge is 0.548 e. The molecule has 0 amide bonds. The quantitative estimate of drug-likeness (QED) is 0.471. The Labute approximate surface area is 78.0 Å². The number of hydrogen-bond acceptors (Lipinski definition) is 1. The van der Waals surface area contributed by atoms with Gasteiger partial charge in [0.15, 0.2) is 0 Å². The van der Waals surface area contributed by atoms with Gasteiger partial charge in [-0.15, -0.1) is 0 Å². The molecule has 0 aromatic heterocycles. The summed E-state index contributed by atoms with van der Waals surface area (Å²) < 4.78 is 5.81. The van der Waals surface area contributed by atoms with E-state index in [0.29, 0.717) is 0 Å². The van der Waals surface area contributed by atoms with E-state index in [1.807, 2.05) is 6.92 Å². The van der Waals surface area contributed by atoms with Crippen molar-refractivity contribution in [1.29, 1.82) is 0 Å². The monoisotopic (exact) mass is 186 g/mol. The second kappa shape index (κ2) is 3.65. The molecule has 0 N–H and O–H groups in total. The van der Waals surface area contributed by atoms with Crippen LogP contribution in [0.3, 0.4) is 0 Å². The Kier molecular flexibility index (Phi) is 3.57. The zero-order valence-corrected chi connectivity index (χ0v) is 10.5. The summed E-state index contributed by atoms with van der Waals surface area (Å²) in [5.74, 6) is 1.07. The highest BCUT2D eigenvalue weighted by molar-refractivity contribution is 6.70. The topological polar surface area (TPSA) is 9.23 Å². The predicted octanol–water partition coefficient (Wildman–Crippen LogP) is 3.79. The molecule has 0 aliphatic carbocycles. The summed E-state index contributed by atoms with van der Waals surface area (Å²) in [6.45, 7) is 15.2. The summed E-state index contributed by atoms with van der Waals surface area (Å²) in [4.78, 5) is 0. The van der Waals surface area contributed by atoms with Crippen LogP contribution >= 0.6 is 0 Å². The molecule has 0 aliphatic heterocycles. The third-order valence-corrected chi connectivity index (χ3v) is 2.04. The number of hydrogen-bond donors (Lipinski definition) is 0. The van der Waals surface area contributed by atoms with E-state index in [1.165, 1.54) is 0 Å². The van der Waals surface area contributed by atoms with Gasteiger partial charge in [-0.2, -0.15) is 0 Å². The van der Waals surface area contributed by atoms with E-state index < -0.39 is 8.32 Å². The molecule has 0 aliphatic rings. The van der Waals surface area contributed by atoms with Gasteiger partial charge >= 0.3 is 0 Å². The van der Waals surface area contributed by atoms with E-state index in [-0.39, 0.29) is 5.41 Å². The van der Waals surface area contributed by atoms with Gasteiger partial charge < -0.3 is 4.43 Å². The smallest absolute Gasteiger partial charge is 0.241 e. The SMILES string of the molecule is C/C(=C/C(C)(C)C)O[Si](C)(C)C. The predicted molar refractivity (Wildman–Crippen MR) is 57.6 cm³/mol. The molecule has 0 saturated carbocycles. The average Bonchev–Trinajstić information content (AvgIpc) is 1.49. The minimum absolute atomic E-state index is 0.226. The zero-order valence-electron chi connectivity index (χ0n) is 9.49. The van der Waals surface area contributed by atoms with E-state index in [1.54, 1.807) is 0 Å². The molecule has 12 heavy (non-hydrogen) atoms. The highest BCUT2D eigenvalue weighted by Gasteiger charge is 2.17. The Morgan fingerprint density at radius 3 is 1.83 bits per heavy atom. The molecule has 1 nitrogen and oxygen atoms in total. The first kappa shape index (κ1) is 11.8. The maximum atomic E-state index is 5.81. The van der Waals surface area contributed by atoms with Crippen molar-refractivity contribution in [2.75, 3.05) is 0 Å². The summed E-state index contributed by atoms with van der Waals surface area (Å²) in [5, 5.41) is 0. The molecule has 0 heterocycles. The first-order chi connectivity index (χ1) is 5.10. The zero-order chi connectivity index (χ0) is 9.99. The van der Waals surface area contributed by atoms with Gasteiger partial charge in [-0.25, -0.2) is 0 Å². The van der Waals surface area contributed by atoms with Crippen LogP contribution in [0.5, 0.6) is 0 Å². The highest BCUT2D eigenvalue weighted by Crippen LogP contribution is 2.19. The molecule has 0 fully saturated rings. The third kappa shape index (κ3) is 7.86. The number of allylic oxidation sites excluding steroid dienone is 2. The maximum Gasteiger partial charge on any atom is 0.241 e. The van der Waals surface area contributed by atoms with Crippen LogP contribution in [0.1, 0.15) is 27.7 Å². The van der Waals surface area contributed by atoms with E-state index >= 15 is 0 Å². The Balaban J connectivity index is 4.23. The summed E-state index contributed by atoms with van der Waals surface area (Å²) in [5.41, 5.74) is 0.226. The molecule has 0 saturated heterocycles. The van der Waals surface area contributed by atoms with Gasteiger partial charge in [-0.1, -0.05) is 20.8 Å². The summed E-state index contributed by atoms with van der Waals surface area (Å²) in [6, 6.07) is 0. The fourth-order valence-electron chi connectivity index (χ4n) is 1.12. The Morgan fingerprint density at radius 2 is 1.58 bits per heavy atom. The lowest BCUT2D eigenvalue weighted by Gasteiger charge is -2.22. The normalized spacial score (nSPS) is 14.8. The van der Waals surface area contributed by atoms with Crippen LogP contribution in [0.2, 0.25) is 19.6 Å². The second-order valence-corrected chi connectivity index (χ2v) is 9.76. The average molecular weight is 186 g/mol. The van der Waals surface area contributed by atoms with Crippen molar-refractivity contribution >= 4 is 8.32 Å².